The average molecular weight is 278 g/mol. The highest BCUT2D eigenvalue weighted by atomic mass is 127. The Balaban J connectivity index is 2.84. The van der Waals surface area contributed by atoms with Crippen LogP contribution in [0.1, 0.15) is 46.5 Å². The lowest BCUT2D eigenvalue weighted by Crippen LogP contribution is -2.20. The van der Waals surface area contributed by atoms with Crippen molar-refractivity contribution in [2.45, 2.75) is 46.5 Å². The molecule has 0 unspecified atom stereocenters. The minimum Gasteiger partial charge on any atom is -0.0860 e. The Labute approximate surface area is 90.0 Å². The lowest BCUT2D eigenvalue weighted by Gasteiger charge is -2.34. The molecule has 70 valence electrons. The predicted molar refractivity (Wildman–Crippen MR) is 63.8 cm³/mol. The summed E-state index contributed by atoms with van der Waals surface area (Å²) in [4.78, 5) is 0. The van der Waals surface area contributed by atoms with Gasteiger partial charge in [0.1, 0.15) is 0 Å². The van der Waals surface area contributed by atoms with Crippen molar-refractivity contribution in [3.63, 3.8) is 0 Å². The Bertz CT molecular complexity index is 189. The minimum absolute atomic E-state index is 0.494. The molecule has 0 aromatic heterocycles. The second-order valence-electron chi connectivity index (χ2n) is 4.44. The molecule has 0 saturated carbocycles. The summed E-state index contributed by atoms with van der Waals surface area (Å²) in [6.45, 7) is 7.12. The van der Waals surface area contributed by atoms with Gasteiger partial charge in [0.15, 0.2) is 0 Å². The fraction of sp³-hybridized carbons (Fsp3) is 0.818. The van der Waals surface area contributed by atoms with Crippen LogP contribution in [0.15, 0.2) is 11.1 Å². The molecule has 0 nitrogen and oxygen atoms in total. The van der Waals surface area contributed by atoms with Crippen LogP contribution in [-0.2, 0) is 0 Å². The zero-order valence-corrected chi connectivity index (χ0v) is 10.6. The zero-order valence-electron chi connectivity index (χ0n) is 8.41. The molecular formula is C11H19I. The van der Waals surface area contributed by atoms with Gasteiger partial charge in [0.05, 0.1) is 0 Å². The van der Waals surface area contributed by atoms with Crippen molar-refractivity contribution in [2.24, 2.45) is 5.41 Å². The van der Waals surface area contributed by atoms with Crippen LogP contribution in [0.5, 0.6) is 0 Å². The van der Waals surface area contributed by atoms with Gasteiger partial charge in [0.25, 0.3) is 0 Å². The minimum atomic E-state index is 0.494. The van der Waals surface area contributed by atoms with Crippen LogP contribution in [0.2, 0.25) is 0 Å². The van der Waals surface area contributed by atoms with Crippen LogP contribution in [0.3, 0.4) is 0 Å². The van der Waals surface area contributed by atoms with E-state index >= 15 is 0 Å². The van der Waals surface area contributed by atoms with Crippen molar-refractivity contribution in [3.8, 4) is 0 Å². The molecule has 0 saturated heterocycles. The first-order chi connectivity index (χ1) is 5.58. The van der Waals surface area contributed by atoms with Crippen molar-refractivity contribution in [2.75, 3.05) is 4.43 Å². The molecule has 0 radical (unpaired) electrons. The summed E-state index contributed by atoms with van der Waals surface area (Å²) in [6, 6.07) is 0. The highest BCUT2D eigenvalue weighted by Crippen LogP contribution is 2.41. The predicted octanol–water partition coefficient (Wildman–Crippen LogP) is 4.34. The van der Waals surface area contributed by atoms with E-state index in [4.69, 9.17) is 0 Å². The normalized spacial score (nSPS) is 23.0. The van der Waals surface area contributed by atoms with Crippen molar-refractivity contribution < 1.29 is 0 Å². The summed E-state index contributed by atoms with van der Waals surface area (Å²) in [6.07, 6.45) is 5.43. The molecule has 1 heteroatoms. The van der Waals surface area contributed by atoms with E-state index in [1.165, 1.54) is 30.1 Å². The first kappa shape index (κ1) is 10.6. The van der Waals surface area contributed by atoms with E-state index in [1.807, 2.05) is 0 Å². The molecule has 0 heterocycles. The molecule has 12 heavy (non-hydrogen) atoms. The number of halogens is 1. The van der Waals surface area contributed by atoms with Crippen molar-refractivity contribution >= 4 is 22.6 Å². The van der Waals surface area contributed by atoms with E-state index in [-0.39, 0.29) is 0 Å². The number of hydrogen-bond donors (Lipinski definition) is 0. The third-order valence-corrected chi connectivity index (χ3v) is 3.57. The Hall–Kier alpha value is 0.470. The van der Waals surface area contributed by atoms with E-state index in [0.29, 0.717) is 5.41 Å². The molecule has 0 amide bonds. The SMILES string of the molecule is CC1=C(CCI)C(C)(C)CCC1. The van der Waals surface area contributed by atoms with Gasteiger partial charge >= 0.3 is 0 Å². The van der Waals surface area contributed by atoms with E-state index in [9.17, 15) is 0 Å². The van der Waals surface area contributed by atoms with E-state index < -0.39 is 0 Å². The molecule has 0 fully saturated rings. The van der Waals surface area contributed by atoms with Gasteiger partial charge in [-0.25, -0.2) is 0 Å². The summed E-state index contributed by atoms with van der Waals surface area (Å²) in [5.41, 5.74) is 3.90. The summed E-state index contributed by atoms with van der Waals surface area (Å²) in [5.74, 6) is 0. The maximum absolute atomic E-state index is 2.48. The van der Waals surface area contributed by atoms with E-state index in [0.717, 1.165) is 0 Å². The first-order valence-electron chi connectivity index (χ1n) is 4.83. The van der Waals surface area contributed by atoms with Crippen LogP contribution in [0, 0.1) is 5.41 Å². The van der Waals surface area contributed by atoms with Crippen LogP contribution < -0.4 is 0 Å². The highest BCUT2D eigenvalue weighted by Gasteiger charge is 2.27. The first-order valence-corrected chi connectivity index (χ1v) is 6.35. The average Bonchev–Trinajstić information content (AvgIpc) is 1.97. The van der Waals surface area contributed by atoms with Crippen LogP contribution in [-0.4, -0.2) is 4.43 Å². The number of allylic oxidation sites excluding steroid dienone is 2. The maximum Gasteiger partial charge on any atom is 0.00329 e. The summed E-state index contributed by atoms with van der Waals surface area (Å²) in [5, 5.41) is 0. The van der Waals surface area contributed by atoms with Crippen LogP contribution in [0.4, 0.5) is 0 Å². The Morgan fingerprint density at radius 2 is 2.08 bits per heavy atom. The fourth-order valence-corrected chi connectivity index (χ4v) is 2.86. The van der Waals surface area contributed by atoms with E-state index in [1.54, 1.807) is 11.1 Å². The number of rotatable bonds is 2. The van der Waals surface area contributed by atoms with Gasteiger partial charge < -0.3 is 0 Å². The molecule has 0 aromatic rings. The third-order valence-electron chi connectivity index (χ3n) is 3.03. The highest BCUT2D eigenvalue weighted by molar-refractivity contribution is 14.1. The van der Waals surface area contributed by atoms with Gasteiger partial charge in [-0.05, 0) is 38.0 Å². The molecule has 1 aliphatic carbocycles. The Morgan fingerprint density at radius 1 is 1.42 bits per heavy atom. The molecule has 0 N–H and O–H groups in total. The van der Waals surface area contributed by atoms with Gasteiger partial charge in [-0.2, -0.15) is 0 Å². The molecule has 0 spiro atoms. The van der Waals surface area contributed by atoms with Gasteiger partial charge in [-0.3, -0.25) is 0 Å². The van der Waals surface area contributed by atoms with Crippen LogP contribution >= 0.6 is 22.6 Å². The fourth-order valence-electron chi connectivity index (χ4n) is 2.32. The van der Waals surface area contributed by atoms with Gasteiger partial charge in [-0.15, -0.1) is 0 Å². The standard InChI is InChI=1S/C11H19I/c1-9-5-4-7-11(2,3)10(9)6-8-12/h4-8H2,1-3H3. The Kier molecular flexibility index (Phi) is 3.62. The molecule has 0 bridgehead atoms. The van der Waals surface area contributed by atoms with Crippen molar-refractivity contribution in [3.05, 3.63) is 11.1 Å². The Morgan fingerprint density at radius 3 is 2.58 bits per heavy atom. The smallest absolute Gasteiger partial charge is 0.00329 e. The molecular weight excluding hydrogens is 259 g/mol. The summed E-state index contributed by atoms with van der Waals surface area (Å²) >= 11 is 2.48. The summed E-state index contributed by atoms with van der Waals surface area (Å²) in [7, 11) is 0. The molecule has 1 rings (SSSR count). The lowest BCUT2D eigenvalue weighted by atomic mass is 9.72. The topological polar surface area (TPSA) is 0 Å². The van der Waals surface area contributed by atoms with Gasteiger partial charge in [0, 0.05) is 4.43 Å². The van der Waals surface area contributed by atoms with Crippen LogP contribution in [0.25, 0.3) is 0 Å². The number of hydrogen-bond acceptors (Lipinski definition) is 0. The maximum atomic E-state index is 2.48. The quantitative estimate of drug-likeness (QED) is 0.400. The van der Waals surface area contributed by atoms with E-state index in [2.05, 4.69) is 43.4 Å². The van der Waals surface area contributed by atoms with Gasteiger partial charge in [0.2, 0.25) is 0 Å². The largest absolute Gasteiger partial charge is 0.0860 e. The summed E-state index contributed by atoms with van der Waals surface area (Å²) < 4.78 is 1.27. The second-order valence-corrected chi connectivity index (χ2v) is 5.51. The van der Waals surface area contributed by atoms with Crippen molar-refractivity contribution in [1.29, 1.82) is 0 Å². The lowest BCUT2D eigenvalue weighted by molar-refractivity contribution is 0.358. The number of alkyl halides is 1. The molecule has 0 atom stereocenters. The molecule has 0 aromatic carbocycles. The zero-order chi connectivity index (χ0) is 9.19. The third kappa shape index (κ3) is 2.24. The van der Waals surface area contributed by atoms with Crippen molar-refractivity contribution in [1.82, 2.24) is 0 Å². The second kappa shape index (κ2) is 4.12. The van der Waals surface area contributed by atoms with Gasteiger partial charge in [-0.1, -0.05) is 47.6 Å². The molecule has 1 aliphatic rings. The molecule has 0 aliphatic heterocycles. The monoisotopic (exact) mass is 278 g/mol.